The highest BCUT2D eigenvalue weighted by atomic mass is 28.3. The van der Waals surface area contributed by atoms with Crippen LogP contribution in [0.2, 0.25) is 13.1 Å². The van der Waals surface area contributed by atoms with Crippen LogP contribution in [0.3, 0.4) is 0 Å². The number of aryl methyl sites for hydroxylation is 2. The summed E-state index contributed by atoms with van der Waals surface area (Å²) in [5, 5.41) is 1.72. The van der Waals surface area contributed by atoms with Gasteiger partial charge in [-0.1, -0.05) is 82.8 Å². The molecule has 0 aromatic heterocycles. The maximum Gasteiger partial charge on any atom is 0.125 e. The van der Waals surface area contributed by atoms with Crippen molar-refractivity contribution in [3.63, 3.8) is 0 Å². The van der Waals surface area contributed by atoms with E-state index in [0.717, 1.165) is 5.75 Å². The number of hydrogen-bond acceptors (Lipinski definition) is 1. The average Bonchev–Trinajstić information content (AvgIpc) is 2.92. The zero-order valence-electron chi connectivity index (χ0n) is 17.9. The van der Waals surface area contributed by atoms with Gasteiger partial charge in [0.1, 0.15) is 5.75 Å². The van der Waals surface area contributed by atoms with E-state index in [0.29, 0.717) is 5.92 Å². The lowest BCUT2D eigenvalue weighted by Crippen LogP contribution is -2.29. The fourth-order valence-corrected chi connectivity index (χ4v) is 6.80. The first-order chi connectivity index (χ1) is 11.4. The molecule has 0 amide bonds. The van der Waals surface area contributed by atoms with Crippen LogP contribution in [0.5, 0.6) is 5.75 Å². The molecule has 0 saturated heterocycles. The summed E-state index contributed by atoms with van der Waals surface area (Å²) < 4.78 is 5.83. The molecule has 0 saturated carbocycles. The van der Waals surface area contributed by atoms with E-state index < -0.39 is 8.80 Å². The van der Waals surface area contributed by atoms with Gasteiger partial charge in [-0.15, -0.1) is 0 Å². The first kappa shape index (κ1) is 20.0. The second-order valence-electron chi connectivity index (χ2n) is 9.51. The van der Waals surface area contributed by atoms with Gasteiger partial charge < -0.3 is 4.74 Å². The van der Waals surface area contributed by atoms with Crippen molar-refractivity contribution in [3.05, 3.63) is 51.7 Å². The summed E-state index contributed by atoms with van der Waals surface area (Å²) in [5.41, 5.74) is 5.59. The van der Waals surface area contributed by atoms with Crippen LogP contribution in [-0.2, 0) is 5.41 Å². The minimum Gasteiger partial charge on any atom is -0.496 e. The highest BCUT2D eigenvalue weighted by molar-refractivity contribution is 6.64. The normalized spacial score (nSPS) is 18.4. The predicted molar refractivity (Wildman–Crippen MR) is 113 cm³/mol. The highest BCUT2D eigenvalue weighted by Crippen LogP contribution is 2.48. The molecule has 2 heteroatoms. The molecule has 0 fully saturated rings. The van der Waals surface area contributed by atoms with Crippen LogP contribution < -0.4 is 4.74 Å². The molecule has 2 rings (SSSR count). The maximum absolute atomic E-state index is 5.83. The van der Waals surface area contributed by atoms with Crippen LogP contribution in [0.25, 0.3) is 0 Å². The Bertz CT molecular complexity index is 714. The Labute approximate surface area is 156 Å². The first-order valence-corrected chi connectivity index (χ1v) is 12.4. The van der Waals surface area contributed by atoms with E-state index in [-0.39, 0.29) is 10.8 Å². The van der Waals surface area contributed by atoms with E-state index in [2.05, 4.69) is 85.8 Å². The third kappa shape index (κ3) is 3.65. The first-order valence-electron chi connectivity index (χ1n) is 9.49. The van der Waals surface area contributed by atoms with Crippen molar-refractivity contribution in [2.24, 2.45) is 11.3 Å². The topological polar surface area (TPSA) is 9.23 Å². The molecular formula is C23H36OSi. The van der Waals surface area contributed by atoms with Gasteiger partial charge >= 0.3 is 0 Å². The van der Waals surface area contributed by atoms with Crippen molar-refractivity contribution in [1.82, 2.24) is 0 Å². The second-order valence-corrected chi connectivity index (χ2v) is 12.4. The van der Waals surface area contributed by atoms with Gasteiger partial charge in [0.2, 0.25) is 0 Å². The zero-order valence-corrected chi connectivity index (χ0v) is 19.0. The second kappa shape index (κ2) is 6.79. The lowest BCUT2D eigenvalue weighted by molar-refractivity contribution is 0.339. The van der Waals surface area contributed by atoms with Crippen molar-refractivity contribution in [2.45, 2.75) is 67.0 Å². The fraction of sp³-hybridized carbons (Fsp3) is 0.565. The molecule has 0 aliphatic heterocycles. The quantitative estimate of drug-likeness (QED) is 0.588. The smallest absolute Gasteiger partial charge is 0.125 e. The fourth-order valence-electron chi connectivity index (χ4n) is 4.39. The number of allylic oxidation sites excluding steroid dienone is 4. The molecule has 1 aromatic rings. The van der Waals surface area contributed by atoms with E-state index in [4.69, 9.17) is 4.74 Å². The lowest BCUT2D eigenvalue weighted by Gasteiger charge is -2.35. The summed E-state index contributed by atoms with van der Waals surface area (Å²) >= 11 is 0. The van der Waals surface area contributed by atoms with Crippen molar-refractivity contribution in [1.29, 1.82) is 0 Å². The highest BCUT2D eigenvalue weighted by Gasteiger charge is 2.39. The molecule has 1 aliphatic carbocycles. The number of rotatable bonds is 4. The van der Waals surface area contributed by atoms with Gasteiger partial charge in [0.05, 0.1) is 15.9 Å². The van der Waals surface area contributed by atoms with Gasteiger partial charge in [-0.2, -0.15) is 0 Å². The number of ether oxygens (including phenoxy) is 1. The molecule has 0 bridgehead atoms. The monoisotopic (exact) mass is 356 g/mol. The average molecular weight is 357 g/mol. The third-order valence-corrected chi connectivity index (χ3v) is 7.54. The Morgan fingerprint density at radius 1 is 1.00 bits per heavy atom. The van der Waals surface area contributed by atoms with Gasteiger partial charge in [-0.25, -0.2) is 0 Å². The van der Waals surface area contributed by atoms with Crippen molar-refractivity contribution in [3.8, 4) is 5.75 Å². The minimum atomic E-state index is -0.935. The van der Waals surface area contributed by atoms with Crippen LogP contribution in [-0.4, -0.2) is 15.9 Å². The molecule has 0 heterocycles. The Balaban J connectivity index is 2.71. The van der Waals surface area contributed by atoms with Gasteiger partial charge in [0.15, 0.2) is 0 Å². The molecule has 0 spiro atoms. The summed E-state index contributed by atoms with van der Waals surface area (Å²) in [4.78, 5) is 0. The van der Waals surface area contributed by atoms with Gasteiger partial charge in [-0.05, 0) is 36.3 Å². The van der Waals surface area contributed by atoms with Gasteiger partial charge in [-0.3, -0.25) is 0 Å². The summed E-state index contributed by atoms with van der Waals surface area (Å²) in [6.45, 7) is 21.1. The van der Waals surface area contributed by atoms with Crippen molar-refractivity contribution < 1.29 is 4.74 Å². The molecule has 0 N–H and O–H groups in total. The van der Waals surface area contributed by atoms with Crippen LogP contribution >= 0.6 is 0 Å². The molecule has 138 valence electrons. The van der Waals surface area contributed by atoms with E-state index in [1.807, 2.05) is 0 Å². The van der Waals surface area contributed by atoms with Crippen LogP contribution in [0.1, 0.15) is 51.3 Å². The lowest BCUT2D eigenvalue weighted by atomic mass is 9.75. The Morgan fingerprint density at radius 2 is 1.60 bits per heavy atom. The number of methoxy groups -OCH3 is 1. The van der Waals surface area contributed by atoms with Gasteiger partial charge in [0, 0.05) is 11.0 Å². The van der Waals surface area contributed by atoms with E-state index in [1.165, 1.54) is 22.3 Å². The van der Waals surface area contributed by atoms with Crippen LogP contribution in [0, 0.1) is 25.2 Å². The van der Waals surface area contributed by atoms with Gasteiger partial charge in [0.25, 0.3) is 0 Å². The summed E-state index contributed by atoms with van der Waals surface area (Å²) in [6, 6.07) is 4.53. The number of hydrogen-bond donors (Lipinski definition) is 0. The van der Waals surface area contributed by atoms with Crippen LogP contribution in [0.15, 0.2) is 35.1 Å². The van der Waals surface area contributed by atoms with Crippen molar-refractivity contribution in [2.75, 3.05) is 7.11 Å². The summed E-state index contributed by atoms with van der Waals surface area (Å²) in [6.07, 6.45) is 4.86. The number of benzene rings is 1. The molecule has 1 unspecified atom stereocenters. The zero-order chi connectivity index (χ0) is 19.2. The molecule has 1 aromatic carbocycles. The molecule has 1 nitrogen and oxygen atoms in total. The minimum absolute atomic E-state index is 0.0504. The summed E-state index contributed by atoms with van der Waals surface area (Å²) in [7, 11) is 0.863. The molecule has 25 heavy (non-hydrogen) atoms. The molecular weight excluding hydrogens is 320 g/mol. The largest absolute Gasteiger partial charge is 0.496 e. The molecule has 1 aliphatic rings. The van der Waals surface area contributed by atoms with Crippen LogP contribution in [0.4, 0.5) is 0 Å². The maximum atomic E-state index is 5.83. The predicted octanol–water partition coefficient (Wildman–Crippen LogP) is 6.14. The third-order valence-electron chi connectivity index (χ3n) is 5.63. The SMILES string of the molecule is COc1c(C)cc(C)cc1C(C)(C)C1=C([SiH](C)C)C(C(C)(C)C)C=C1. The molecule has 1 atom stereocenters. The molecule has 0 radical (unpaired) electrons. The Hall–Kier alpha value is -1.28. The van der Waals surface area contributed by atoms with E-state index in [9.17, 15) is 0 Å². The van der Waals surface area contributed by atoms with Crippen molar-refractivity contribution >= 4 is 8.80 Å². The Kier molecular flexibility index (Phi) is 5.44. The van der Waals surface area contributed by atoms with E-state index >= 15 is 0 Å². The summed E-state index contributed by atoms with van der Waals surface area (Å²) in [5.74, 6) is 1.60. The Morgan fingerprint density at radius 3 is 2.08 bits per heavy atom. The van der Waals surface area contributed by atoms with E-state index in [1.54, 1.807) is 12.3 Å². The standard InChI is InChI=1S/C23H36OSi/c1-15-13-16(2)20(24-8)19(14-15)23(6,7)18-12-11-17(22(3,4)5)21(18)25(9)10/h11-14,17,25H,1-10H3.